The highest BCUT2D eigenvalue weighted by molar-refractivity contribution is 7.71. The summed E-state index contributed by atoms with van der Waals surface area (Å²) in [5.41, 5.74) is 2.98. The van der Waals surface area contributed by atoms with Crippen molar-refractivity contribution in [3.63, 3.8) is 0 Å². The van der Waals surface area contributed by atoms with Crippen LogP contribution >= 0.6 is 12.2 Å². The number of hydrogen-bond donors (Lipinski definition) is 1. The van der Waals surface area contributed by atoms with Gasteiger partial charge in [0.25, 0.3) is 0 Å². The van der Waals surface area contributed by atoms with E-state index in [0.29, 0.717) is 10.6 Å². The Kier molecular flexibility index (Phi) is 4.54. The van der Waals surface area contributed by atoms with Crippen LogP contribution in [-0.4, -0.2) is 26.1 Å². The molecule has 6 heteroatoms. The predicted octanol–water partition coefficient (Wildman–Crippen LogP) is 3.94. The minimum absolute atomic E-state index is 0.438. The van der Waals surface area contributed by atoms with Crippen LogP contribution < -0.4 is 0 Å². The Balaban J connectivity index is 1.90. The first kappa shape index (κ1) is 15.1. The number of H-pyrrole nitrogens is 1. The van der Waals surface area contributed by atoms with E-state index in [4.69, 9.17) is 12.2 Å². The van der Waals surface area contributed by atoms with Gasteiger partial charge in [0.2, 0.25) is 4.77 Å². The fourth-order valence-electron chi connectivity index (χ4n) is 2.08. The molecule has 1 N–H and O–H groups in total. The smallest absolute Gasteiger partial charge is 0.216 e. The maximum absolute atomic E-state index is 5.25. The topological polar surface area (TPSA) is 58.9 Å². The van der Waals surface area contributed by atoms with Crippen LogP contribution in [0.2, 0.25) is 0 Å². The number of rotatable bonds is 4. The molecular weight excluding hydrogens is 306 g/mol. The molecule has 23 heavy (non-hydrogen) atoms. The highest BCUT2D eigenvalue weighted by atomic mass is 32.1. The van der Waals surface area contributed by atoms with E-state index in [2.05, 4.69) is 26.4 Å². The number of pyridine rings is 1. The lowest BCUT2D eigenvalue weighted by molar-refractivity contribution is 0.870. The molecule has 0 aliphatic rings. The number of allylic oxidation sites excluding steroid dienone is 1. The number of aromatic amines is 1. The van der Waals surface area contributed by atoms with Gasteiger partial charge in [0.15, 0.2) is 5.82 Å². The molecule has 0 saturated carbocycles. The third kappa shape index (κ3) is 3.67. The van der Waals surface area contributed by atoms with Gasteiger partial charge in [0.1, 0.15) is 0 Å². The van der Waals surface area contributed by atoms with Gasteiger partial charge in [-0.05, 0) is 42.4 Å². The minimum Gasteiger partial charge on any atom is -0.264 e. The summed E-state index contributed by atoms with van der Waals surface area (Å²) >= 11 is 5.25. The third-order valence-corrected chi connectivity index (χ3v) is 3.41. The molecule has 3 aromatic rings. The van der Waals surface area contributed by atoms with E-state index < -0.39 is 0 Å². The summed E-state index contributed by atoms with van der Waals surface area (Å²) in [6.45, 7) is 1.99. The van der Waals surface area contributed by atoms with Gasteiger partial charge in [0, 0.05) is 18.0 Å². The molecule has 3 rings (SSSR count). The van der Waals surface area contributed by atoms with Crippen LogP contribution in [0.3, 0.4) is 0 Å². The Morgan fingerprint density at radius 1 is 1.22 bits per heavy atom. The zero-order valence-corrected chi connectivity index (χ0v) is 13.4. The standard InChI is InChI=1S/C17H15N5S/c1-13(10-14-6-3-2-4-7-14)11-19-22-16(20-21-17(22)23)15-8-5-9-18-12-15/h2-12H,1H3,(H,21,23)/b13-10+,19-11?. The molecule has 0 unspecified atom stereocenters. The van der Waals surface area contributed by atoms with Gasteiger partial charge in [-0.2, -0.15) is 14.9 Å². The Morgan fingerprint density at radius 3 is 2.78 bits per heavy atom. The summed E-state index contributed by atoms with van der Waals surface area (Å²) in [7, 11) is 0. The molecule has 0 bridgehead atoms. The Morgan fingerprint density at radius 2 is 2.04 bits per heavy atom. The predicted molar refractivity (Wildman–Crippen MR) is 94.6 cm³/mol. The summed E-state index contributed by atoms with van der Waals surface area (Å²) in [6.07, 6.45) is 7.25. The maximum Gasteiger partial charge on any atom is 0.216 e. The van der Waals surface area contributed by atoms with E-state index in [0.717, 1.165) is 16.7 Å². The Labute approximate surface area is 139 Å². The molecule has 2 heterocycles. The lowest BCUT2D eigenvalue weighted by Crippen LogP contribution is -1.95. The number of benzene rings is 1. The average Bonchev–Trinajstić information content (AvgIpc) is 2.95. The van der Waals surface area contributed by atoms with Crippen molar-refractivity contribution in [2.75, 3.05) is 0 Å². The van der Waals surface area contributed by atoms with Crippen molar-refractivity contribution < 1.29 is 0 Å². The van der Waals surface area contributed by atoms with Crippen molar-refractivity contribution in [2.24, 2.45) is 5.10 Å². The molecule has 0 saturated heterocycles. The SMILES string of the molecule is C/C(C=Nn1c(-c2cccnc2)n[nH]c1=S)=C\c1ccccc1. The average molecular weight is 321 g/mol. The molecule has 0 fully saturated rings. The van der Waals surface area contributed by atoms with E-state index in [9.17, 15) is 0 Å². The Bertz CT molecular complexity index is 891. The fourth-order valence-corrected chi connectivity index (χ4v) is 2.26. The van der Waals surface area contributed by atoms with Crippen LogP contribution in [0.1, 0.15) is 12.5 Å². The minimum atomic E-state index is 0.438. The van der Waals surface area contributed by atoms with E-state index in [-0.39, 0.29) is 0 Å². The van der Waals surface area contributed by atoms with Crippen LogP contribution in [0.15, 0.2) is 65.5 Å². The summed E-state index contributed by atoms with van der Waals surface area (Å²) < 4.78 is 2.03. The van der Waals surface area contributed by atoms with Crippen molar-refractivity contribution in [1.29, 1.82) is 0 Å². The van der Waals surface area contributed by atoms with Gasteiger partial charge >= 0.3 is 0 Å². The summed E-state index contributed by atoms with van der Waals surface area (Å²) in [4.78, 5) is 4.10. The quantitative estimate of drug-likeness (QED) is 0.585. The van der Waals surface area contributed by atoms with E-state index >= 15 is 0 Å². The van der Waals surface area contributed by atoms with Crippen molar-refractivity contribution >= 4 is 24.5 Å². The van der Waals surface area contributed by atoms with Crippen LogP contribution in [0.4, 0.5) is 0 Å². The molecular formula is C17H15N5S. The largest absolute Gasteiger partial charge is 0.264 e. The lowest BCUT2D eigenvalue weighted by atomic mass is 10.1. The van der Waals surface area contributed by atoms with Crippen molar-refractivity contribution in [2.45, 2.75) is 6.92 Å². The van der Waals surface area contributed by atoms with Crippen LogP contribution in [0.5, 0.6) is 0 Å². The van der Waals surface area contributed by atoms with Crippen LogP contribution in [0, 0.1) is 4.77 Å². The highest BCUT2D eigenvalue weighted by Gasteiger charge is 2.07. The summed E-state index contributed by atoms with van der Waals surface area (Å²) in [5, 5.41) is 11.4. The van der Waals surface area contributed by atoms with Crippen molar-refractivity contribution in [1.82, 2.24) is 19.9 Å². The van der Waals surface area contributed by atoms with Crippen molar-refractivity contribution in [3.05, 3.63) is 70.8 Å². The molecule has 0 radical (unpaired) electrons. The number of aromatic nitrogens is 4. The first-order valence-electron chi connectivity index (χ1n) is 7.09. The van der Waals surface area contributed by atoms with Gasteiger partial charge in [-0.25, -0.2) is 5.10 Å². The Hall–Kier alpha value is -2.86. The van der Waals surface area contributed by atoms with Gasteiger partial charge in [-0.15, -0.1) is 0 Å². The van der Waals surface area contributed by atoms with Gasteiger partial charge < -0.3 is 0 Å². The van der Waals surface area contributed by atoms with Gasteiger partial charge in [-0.1, -0.05) is 36.4 Å². The molecule has 2 aromatic heterocycles. The van der Waals surface area contributed by atoms with Gasteiger partial charge in [-0.3, -0.25) is 4.98 Å². The van der Waals surface area contributed by atoms with Crippen molar-refractivity contribution in [3.8, 4) is 11.4 Å². The first-order chi connectivity index (χ1) is 11.2. The molecule has 0 atom stereocenters. The number of nitrogens with one attached hydrogen (secondary N) is 1. The van der Waals surface area contributed by atoms with E-state index in [1.54, 1.807) is 23.3 Å². The van der Waals surface area contributed by atoms with Gasteiger partial charge in [0.05, 0.1) is 6.21 Å². The highest BCUT2D eigenvalue weighted by Crippen LogP contribution is 2.15. The second-order valence-electron chi connectivity index (χ2n) is 4.95. The number of hydrogen-bond acceptors (Lipinski definition) is 4. The molecule has 0 aliphatic heterocycles. The van der Waals surface area contributed by atoms with E-state index in [1.807, 2.05) is 49.4 Å². The molecule has 5 nitrogen and oxygen atoms in total. The summed E-state index contributed by atoms with van der Waals surface area (Å²) in [6, 6.07) is 13.8. The monoisotopic (exact) mass is 321 g/mol. The number of nitrogens with zero attached hydrogens (tertiary/aromatic N) is 4. The maximum atomic E-state index is 5.25. The molecule has 1 aromatic carbocycles. The lowest BCUT2D eigenvalue weighted by Gasteiger charge is -2.00. The van der Waals surface area contributed by atoms with E-state index in [1.165, 1.54) is 0 Å². The first-order valence-corrected chi connectivity index (χ1v) is 7.50. The normalized spacial score (nSPS) is 12.0. The fraction of sp³-hybridized carbons (Fsp3) is 0.0588. The van der Waals surface area contributed by atoms with Crippen LogP contribution in [-0.2, 0) is 0 Å². The van der Waals surface area contributed by atoms with Crippen LogP contribution in [0.25, 0.3) is 17.5 Å². The molecule has 0 amide bonds. The summed E-state index contributed by atoms with van der Waals surface area (Å²) in [5.74, 6) is 0.631. The second-order valence-corrected chi connectivity index (χ2v) is 5.34. The zero-order chi connectivity index (χ0) is 16.1. The second kappa shape index (κ2) is 6.93. The zero-order valence-electron chi connectivity index (χ0n) is 12.5. The third-order valence-electron chi connectivity index (χ3n) is 3.14. The molecule has 0 spiro atoms. The molecule has 114 valence electrons. The molecule has 0 aliphatic carbocycles.